The van der Waals surface area contributed by atoms with E-state index in [4.69, 9.17) is 23.2 Å². The van der Waals surface area contributed by atoms with E-state index in [1.807, 2.05) is 13.0 Å². The summed E-state index contributed by atoms with van der Waals surface area (Å²) >= 11 is 11.8. The van der Waals surface area contributed by atoms with Crippen LogP contribution in [0.4, 0.5) is 0 Å². The number of hydrogen-bond donors (Lipinski definition) is 2. The van der Waals surface area contributed by atoms with Gasteiger partial charge in [0.15, 0.2) is 0 Å². The van der Waals surface area contributed by atoms with Crippen molar-refractivity contribution < 1.29 is 9.59 Å². The van der Waals surface area contributed by atoms with Crippen molar-refractivity contribution in [2.75, 3.05) is 6.54 Å². The normalized spacial score (nSPS) is 20.1. The Bertz CT molecular complexity index is 524. The van der Waals surface area contributed by atoms with E-state index in [1.165, 1.54) is 0 Å². The van der Waals surface area contributed by atoms with Crippen molar-refractivity contribution in [2.24, 2.45) is 5.92 Å². The van der Waals surface area contributed by atoms with Crippen LogP contribution in [-0.4, -0.2) is 18.4 Å². The Labute approximate surface area is 127 Å². The van der Waals surface area contributed by atoms with Crippen LogP contribution in [0.1, 0.15) is 31.4 Å². The number of benzene rings is 1. The van der Waals surface area contributed by atoms with E-state index < -0.39 is 0 Å². The van der Waals surface area contributed by atoms with Crippen molar-refractivity contribution in [1.82, 2.24) is 10.6 Å². The fourth-order valence-corrected chi connectivity index (χ4v) is 2.46. The summed E-state index contributed by atoms with van der Waals surface area (Å²) in [6, 6.07) is 5.14. The maximum absolute atomic E-state index is 12.1. The molecule has 1 heterocycles. The molecule has 1 aromatic carbocycles. The number of carbonyl (C=O) groups excluding carboxylic acids is 2. The van der Waals surface area contributed by atoms with E-state index in [1.54, 1.807) is 12.1 Å². The lowest BCUT2D eigenvalue weighted by molar-refractivity contribution is -0.129. The SMILES string of the molecule is CC(NC(=O)C1CCC(=O)NC1)c1ccc(Cl)c(Cl)c1. The summed E-state index contributed by atoms with van der Waals surface area (Å²) < 4.78 is 0. The lowest BCUT2D eigenvalue weighted by Crippen LogP contribution is -2.43. The first-order valence-corrected chi connectivity index (χ1v) is 7.25. The topological polar surface area (TPSA) is 58.2 Å². The van der Waals surface area contributed by atoms with Gasteiger partial charge in [-0.3, -0.25) is 9.59 Å². The molecule has 0 saturated carbocycles. The fraction of sp³-hybridized carbons (Fsp3) is 0.429. The van der Waals surface area contributed by atoms with Crippen LogP contribution in [0.3, 0.4) is 0 Å². The van der Waals surface area contributed by atoms with E-state index in [9.17, 15) is 9.59 Å². The number of rotatable bonds is 3. The van der Waals surface area contributed by atoms with Gasteiger partial charge in [0.25, 0.3) is 0 Å². The number of amides is 2. The van der Waals surface area contributed by atoms with E-state index in [0.717, 1.165) is 5.56 Å². The van der Waals surface area contributed by atoms with Crippen LogP contribution in [0.15, 0.2) is 18.2 Å². The van der Waals surface area contributed by atoms with Gasteiger partial charge in [0.2, 0.25) is 11.8 Å². The van der Waals surface area contributed by atoms with E-state index in [-0.39, 0.29) is 23.8 Å². The van der Waals surface area contributed by atoms with Crippen molar-refractivity contribution in [3.8, 4) is 0 Å². The second kappa shape index (κ2) is 6.46. The summed E-state index contributed by atoms with van der Waals surface area (Å²) in [5, 5.41) is 6.60. The molecule has 6 heteroatoms. The highest BCUT2D eigenvalue weighted by Crippen LogP contribution is 2.25. The third kappa shape index (κ3) is 3.64. The van der Waals surface area contributed by atoms with Gasteiger partial charge in [-0.1, -0.05) is 29.3 Å². The first-order valence-electron chi connectivity index (χ1n) is 6.49. The van der Waals surface area contributed by atoms with E-state index in [0.29, 0.717) is 29.4 Å². The van der Waals surface area contributed by atoms with Gasteiger partial charge in [-0.05, 0) is 31.0 Å². The number of piperidine rings is 1. The monoisotopic (exact) mass is 314 g/mol. The summed E-state index contributed by atoms with van der Waals surface area (Å²) in [6.07, 6.45) is 0.991. The molecule has 1 aromatic rings. The Morgan fingerprint density at radius 1 is 1.40 bits per heavy atom. The predicted octanol–water partition coefficient (Wildman–Crippen LogP) is 2.70. The lowest BCUT2D eigenvalue weighted by Gasteiger charge is -2.24. The first kappa shape index (κ1) is 15.1. The molecule has 1 aliphatic heterocycles. The van der Waals surface area contributed by atoms with Crippen molar-refractivity contribution >= 4 is 35.0 Å². The molecule has 2 amide bonds. The number of halogens is 2. The molecule has 1 fully saturated rings. The summed E-state index contributed by atoms with van der Waals surface area (Å²) in [5.41, 5.74) is 0.896. The molecule has 108 valence electrons. The third-order valence-electron chi connectivity index (χ3n) is 3.44. The minimum atomic E-state index is -0.169. The van der Waals surface area contributed by atoms with Crippen LogP contribution in [0.25, 0.3) is 0 Å². The maximum atomic E-state index is 12.1. The molecule has 20 heavy (non-hydrogen) atoms. The molecule has 2 N–H and O–H groups in total. The summed E-state index contributed by atoms with van der Waals surface area (Å²) in [5.74, 6) is -0.215. The van der Waals surface area contributed by atoms with Gasteiger partial charge in [0.1, 0.15) is 0 Å². The molecule has 2 rings (SSSR count). The molecule has 2 unspecified atom stereocenters. The number of carbonyl (C=O) groups is 2. The zero-order valence-corrected chi connectivity index (χ0v) is 12.6. The molecule has 1 aliphatic rings. The second-order valence-corrected chi connectivity index (χ2v) is 5.76. The Hall–Kier alpha value is -1.26. The highest BCUT2D eigenvalue weighted by molar-refractivity contribution is 6.42. The Morgan fingerprint density at radius 3 is 2.75 bits per heavy atom. The average Bonchev–Trinajstić information content (AvgIpc) is 2.42. The van der Waals surface area contributed by atoms with Crippen molar-refractivity contribution in [3.63, 3.8) is 0 Å². The Morgan fingerprint density at radius 2 is 2.15 bits per heavy atom. The van der Waals surface area contributed by atoms with Gasteiger partial charge in [0.05, 0.1) is 22.0 Å². The molecule has 0 radical (unpaired) electrons. The highest BCUT2D eigenvalue weighted by Gasteiger charge is 2.25. The molecular formula is C14H16Cl2N2O2. The van der Waals surface area contributed by atoms with Crippen molar-refractivity contribution in [1.29, 1.82) is 0 Å². The van der Waals surface area contributed by atoms with Crippen molar-refractivity contribution in [3.05, 3.63) is 33.8 Å². The quantitative estimate of drug-likeness (QED) is 0.901. The molecule has 1 saturated heterocycles. The summed E-state index contributed by atoms with van der Waals surface area (Å²) in [4.78, 5) is 23.2. The average molecular weight is 315 g/mol. The van der Waals surface area contributed by atoms with Crippen molar-refractivity contribution in [2.45, 2.75) is 25.8 Å². The van der Waals surface area contributed by atoms with Gasteiger partial charge in [0, 0.05) is 13.0 Å². The smallest absolute Gasteiger partial charge is 0.225 e. The Kier molecular flexibility index (Phi) is 4.89. The molecular weight excluding hydrogens is 299 g/mol. The highest BCUT2D eigenvalue weighted by atomic mass is 35.5. The van der Waals surface area contributed by atoms with Gasteiger partial charge in [-0.2, -0.15) is 0 Å². The maximum Gasteiger partial charge on any atom is 0.225 e. The van der Waals surface area contributed by atoms with E-state index in [2.05, 4.69) is 10.6 Å². The Balaban J connectivity index is 1.96. The molecule has 2 atom stereocenters. The third-order valence-corrected chi connectivity index (χ3v) is 4.18. The number of hydrogen-bond acceptors (Lipinski definition) is 2. The molecule has 0 aromatic heterocycles. The van der Waals surface area contributed by atoms with Crippen LogP contribution in [0.2, 0.25) is 10.0 Å². The predicted molar refractivity (Wildman–Crippen MR) is 78.8 cm³/mol. The van der Waals surface area contributed by atoms with Gasteiger partial charge in [-0.15, -0.1) is 0 Å². The van der Waals surface area contributed by atoms with Crippen LogP contribution in [0, 0.1) is 5.92 Å². The summed E-state index contributed by atoms with van der Waals surface area (Å²) in [7, 11) is 0. The van der Waals surface area contributed by atoms with Gasteiger partial charge < -0.3 is 10.6 Å². The number of nitrogens with one attached hydrogen (secondary N) is 2. The first-order chi connectivity index (χ1) is 9.47. The minimum Gasteiger partial charge on any atom is -0.355 e. The zero-order chi connectivity index (χ0) is 14.7. The standard InChI is InChI=1S/C14H16Cl2N2O2/c1-8(9-2-4-11(15)12(16)6-9)18-14(20)10-3-5-13(19)17-7-10/h2,4,6,8,10H,3,5,7H2,1H3,(H,17,19)(H,18,20). The largest absolute Gasteiger partial charge is 0.355 e. The minimum absolute atomic E-state index is 0.00609. The van der Waals surface area contributed by atoms with Gasteiger partial charge >= 0.3 is 0 Å². The fourth-order valence-electron chi connectivity index (χ4n) is 2.15. The molecule has 4 nitrogen and oxygen atoms in total. The van der Waals surface area contributed by atoms with Crippen LogP contribution in [0.5, 0.6) is 0 Å². The molecule has 0 aliphatic carbocycles. The van der Waals surface area contributed by atoms with Gasteiger partial charge in [-0.25, -0.2) is 0 Å². The van der Waals surface area contributed by atoms with Crippen LogP contribution in [-0.2, 0) is 9.59 Å². The molecule has 0 bridgehead atoms. The van der Waals surface area contributed by atoms with E-state index >= 15 is 0 Å². The summed E-state index contributed by atoms with van der Waals surface area (Å²) in [6.45, 7) is 2.29. The zero-order valence-electron chi connectivity index (χ0n) is 11.1. The second-order valence-electron chi connectivity index (χ2n) is 4.94. The van der Waals surface area contributed by atoms with Crippen LogP contribution >= 0.6 is 23.2 Å². The molecule has 0 spiro atoms. The van der Waals surface area contributed by atoms with Crippen LogP contribution < -0.4 is 10.6 Å². The lowest BCUT2D eigenvalue weighted by atomic mass is 9.97.